The van der Waals surface area contributed by atoms with Crippen molar-refractivity contribution in [2.24, 2.45) is 5.41 Å². The quantitative estimate of drug-likeness (QED) is 0.339. The van der Waals surface area contributed by atoms with Crippen LogP contribution in [0.1, 0.15) is 56.6 Å². The summed E-state index contributed by atoms with van der Waals surface area (Å²) in [6.45, 7) is 10.8. The Morgan fingerprint density at radius 1 is 1.10 bits per heavy atom. The van der Waals surface area contributed by atoms with E-state index in [4.69, 9.17) is 9.47 Å². The first-order valence-corrected chi connectivity index (χ1v) is 13.9. The monoisotopic (exact) mass is 575 g/mol. The second kappa shape index (κ2) is 10.5. The minimum absolute atomic E-state index is 0.106. The van der Waals surface area contributed by atoms with Gasteiger partial charge in [-0.2, -0.15) is 0 Å². The Balaban J connectivity index is 1.48. The van der Waals surface area contributed by atoms with E-state index in [0.717, 1.165) is 16.7 Å². The maximum atomic E-state index is 13.9. The maximum absolute atomic E-state index is 13.9. The predicted molar refractivity (Wildman–Crippen MR) is 158 cm³/mol. The molecule has 1 atom stereocenters. The van der Waals surface area contributed by atoms with Gasteiger partial charge in [-0.3, -0.25) is 4.79 Å². The number of nitrogens with one attached hydrogen (secondary N) is 1. The lowest BCUT2D eigenvalue weighted by atomic mass is 9.83. The number of rotatable bonds is 7. The SMILES string of the molecule is CC(=O)c1ccc(-n2c(=O)n3n(c2=O)C2C(=CC3)C(C)(C)Oc3cc(OC(=O)NCC(C)(C)CN(C)C)ccc32)cc1. The number of aromatic nitrogens is 3. The Bertz CT molecular complexity index is 1700. The van der Waals surface area contributed by atoms with Gasteiger partial charge in [0.05, 0.1) is 12.2 Å². The minimum Gasteiger partial charge on any atom is -0.483 e. The summed E-state index contributed by atoms with van der Waals surface area (Å²) < 4.78 is 15.9. The molecule has 0 saturated heterocycles. The number of Topliss-reactive ketones (excluding diaryl/α,β-unsaturated/α-hetero) is 1. The van der Waals surface area contributed by atoms with Crippen molar-refractivity contribution in [1.29, 1.82) is 0 Å². The number of allylic oxidation sites excluding steroid dienone is 1. The van der Waals surface area contributed by atoms with Crippen molar-refractivity contribution in [3.63, 3.8) is 0 Å². The van der Waals surface area contributed by atoms with Gasteiger partial charge >= 0.3 is 17.5 Å². The summed E-state index contributed by atoms with van der Waals surface area (Å²) in [5, 5.41) is 2.83. The van der Waals surface area contributed by atoms with Crippen molar-refractivity contribution in [3.05, 3.63) is 86.2 Å². The molecule has 11 nitrogen and oxygen atoms in total. The summed E-state index contributed by atoms with van der Waals surface area (Å²) in [4.78, 5) is 53.7. The molecule has 0 fully saturated rings. The first-order chi connectivity index (χ1) is 19.7. The van der Waals surface area contributed by atoms with Crippen LogP contribution in [0.3, 0.4) is 0 Å². The number of hydrogen-bond donors (Lipinski definition) is 1. The van der Waals surface area contributed by atoms with Crippen LogP contribution in [0.2, 0.25) is 0 Å². The molecule has 2 aliphatic heterocycles. The Morgan fingerprint density at radius 3 is 2.43 bits per heavy atom. The van der Waals surface area contributed by atoms with Gasteiger partial charge in [0.2, 0.25) is 0 Å². The van der Waals surface area contributed by atoms with Crippen LogP contribution in [0.4, 0.5) is 4.79 Å². The van der Waals surface area contributed by atoms with E-state index in [1.807, 2.05) is 34.0 Å². The highest BCUT2D eigenvalue weighted by Gasteiger charge is 2.44. The molecule has 3 aromatic rings. The molecule has 0 bridgehead atoms. The van der Waals surface area contributed by atoms with Crippen molar-refractivity contribution in [3.8, 4) is 17.2 Å². The summed E-state index contributed by atoms with van der Waals surface area (Å²) in [6, 6.07) is 10.8. The van der Waals surface area contributed by atoms with Gasteiger partial charge in [-0.15, -0.1) is 0 Å². The van der Waals surface area contributed by atoms with E-state index in [1.54, 1.807) is 42.5 Å². The zero-order valence-electron chi connectivity index (χ0n) is 25.1. The van der Waals surface area contributed by atoms with Crippen LogP contribution < -0.4 is 26.2 Å². The molecule has 0 saturated carbocycles. The predicted octanol–water partition coefficient (Wildman–Crippen LogP) is 3.38. The second-order valence-electron chi connectivity index (χ2n) is 12.4. The van der Waals surface area contributed by atoms with Gasteiger partial charge in [0.25, 0.3) is 0 Å². The van der Waals surface area contributed by atoms with Crippen LogP contribution in [-0.2, 0) is 6.54 Å². The first kappa shape index (κ1) is 29.1. The summed E-state index contributed by atoms with van der Waals surface area (Å²) in [5.41, 5.74) is 0.436. The van der Waals surface area contributed by atoms with E-state index in [1.165, 1.54) is 16.3 Å². The molecule has 1 N–H and O–H groups in total. The summed E-state index contributed by atoms with van der Waals surface area (Å²) in [7, 11) is 3.97. The summed E-state index contributed by atoms with van der Waals surface area (Å²) in [6.07, 6.45) is 1.35. The van der Waals surface area contributed by atoms with E-state index in [9.17, 15) is 19.2 Å². The molecule has 1 aromatic heterocycles. The smallest absolute Gasteiger partial charge is 0.412 e. The normalized spacial score (nSPS) is 17.0. The molecule has 3 heterocycles. The molecule has 1 unspecified atom stereocenters. The number of fused-ring (bicyclic) bond motifs is 5. The molecular formula is C31H37N5O6. The third-order valence-electron chi connectivity index (χ3n) is 7.62. The van der Waals surface area contributed by atoms with Crippen LogP contribution in [0.5, 0.6) is 11.5 Å². The molecular weight excluding hydrogens is 538 g/mol. The zero-order valence-corrected chi connectivity index (χ0v) is 25.1. The van der Waals surface area contributed by atoms with Crippen LogP contribution in [0.15, 0.2) is 63.7 Å². The Kier molecular flexibility index (Phi) is 7.26. The number of ketones is 1. The lowest BCUT2D eigenvalue weighted by molar-refractivity contribution is 0.101. The van der Waals surface area contributed by atoms with Crippen molar-refractivity contribution in [2.45, 2.75) is 52.8 Å². The molecule has 5 rings (SSSR count). The van der Waals surface area contributed by atoms with Gasteiger partial charge in [0.15, 0.2) is 5.78 Å². The number of amides is 1. The molecule has 0 radical (unpaired) electrons. The van der Waals surface area contributed by atoms with E-state index < -0.39 is 29.1 Å². The van der Waals surface area contributed by atoms with Crippen LogP contribution in [0, 0.1) is 5.41 Å². The molecule has 0 aliphatic carbocycles. The Morgan fingerprint density at radius 2 is 1.79 bits per heavy atom. The fourth-order valence-electron chi connectivity index (χ4n) is 5.87. The molecule has 11 heteroatoms. The van der Waals surface area contributed by atoms with Crippen LogP contribution in [0.25, 0.3) is 5.69 Å². The molecule has 42 heavy (non-hydrogen) atoms. The zero-order chi connectivity index (χ0) is 30.6. The lowest BCUT2D eigenvalue weighted by Gasteiger charge is -2.42. The molecule has 2 aliphatic rings. The highest BCUT2D eigenvalue weighted by atomic mass is 16.6. The van der Waals surface area contributed by atoms with Crippen molar-refractivity contribution in [2.75, 3.05) is 27.2 Å². The fourth-order valence-corrected chi connectivity index (χ4v) is 5.87. The van der Waals surface area contributed by atoms with E-state index >= 15 is 0 Å². The van der Waals surface area contributed by atoms with E-state index in [-0.39, 0.29) is 17.7 Å². The standard InChI is InChI=1S/C31H37N5O6/c1-19(37)20-8-10-21(11-9-20)35-28(39)34-15-14-24-26(36(34)29(35)40)23-13-12-22(16-25(23)42-31(24,4)5)41-27(38)32-17-30(2,3)18-33(6)7/h8-14,16,26H,15,17-18H2,1-7H3,(H,32,38). The third kappa shape index (κ3) is 5.32. The number of ether oxygens (including phenoxy) is 2. The number of carbonyl (C=O) groups excluding carboxylic acids is 2. The maximum Gasteiger partial charge on any atom is 0.412 e. The third-order valence-corrected chi connectivity index (χ3v) is 7.62. The summed E-state index contributed by atoms with van der Waals surface area (Å²) >= 11 is 0. The average Bonchev–Trinajstić information content (AvgIpc) is 3.16. The largest absolute Gasteiger partial charge is 0.483 e. The van der Waals surface area contributed by atoms with Gasteiger partial charge < -0.3 is 19.7 Å². The van der Waals surface area contributed by atoms with Crippen molar-refractivity contribution < 1.29 is 19.1 Å². The topological polar surface area (TPSA) is 117 Å². The lowest BCUT2D eigenvalue weighted by Crippen LogP contribution is -2.46. The molecule has 1 amide bonds. The number of hydrogen-bond acceptors (Lipinski definition) is 7. The average molecular weight is 576 g/mol. The molecule has 2 aromatic carbocycles. The van der Waals surface area contributed by atoms with E-state index in [0.29, 0.717) is 34.9 Å². The molecule has 222 valence electrons. The second-order valence-corrected chi connectivity index (χ2v) is 12.4. The number of benzene rings is 2. The Hall–Kier alpha value is -4.38. The van der Waals surface area contributed by atoms with Crippen molar-refractivity contribution in [1.82, 2.24) is 24.1 Å². The van der Waals surface area contributed by atoms with Gasteiger partial charge in [-0.05, 0) is 82.3 Å². The van der Waals surface area contributed by atoms with Gasteiger partial charge in [0.1, 0.15) is 23.1 Å². The van der Waals surface area contributed by atoms with Crippen LogP contribution in [-0.4, -0.2) is 63.5 Å². The fraction of sp³-hybridized carbons (Fsp3) is 0.419. The number of carbonyl (C=O) groups is 2. The number of nitrogens with zero attached hydrogens (tertiary/aromatic N) is 4. The minimum atomic E-state index is -0.805. The van der Waals surface area contributed by atoms with Crippen LogP contribution >= 0.6 is 0 Å². The van der Waals surface area contributed by atoms with Gasteiger partial charge in [0, 0.05) is 30.3 Å². The van der Waals surface area contributed by atoms with Crippen molar-refractivity contribution >= 4 is 11.9 Å². The van der Waals surface area contributed by atoms with Gasteiger partial charge in [-0.25, -0.2) is 28.3 Å². The summed E-state index contributed by atoms with van der Waals surface area (Å²) in [5.74, 6) is 0.640. The molecule has 0 spiro atoms. The highest BCUT2D eigenvalue weighted by Crippen LogP contribution is 2.47. The Labute approximate surface area is 243 Å². The van der Waals surface area contributed by atoms with E-state index in [2.05, 4.69) is 24.1 Å². The first-order valence-electron chi connectivity index (χ1n) is 13.9. The van der Waals surface area contributed by atoms with Gasteiger partial charge in [-0.1, -0.05) is 19.9 Å². The highest BCUT2D eigenvalue weighted by molar-refractivity contribution is 5.94.